The number of nitrogens with one attached hydrogen (secondary N) is 1. The molecule has 7 nitrogen and oxygen atoms in total. The van der Waals surface area contributed by atoms with Crippen LogP contribution in [0.15, 0.2) is 83.3 Å². The van der Waals surface area contributed by atoms with Crippen LogP contribution in [0.25, 0.3) is 0 Å². The lowest BCUT2D eigenvalue weighted by Gasteiger charge is -2.35. The molecule has 3 aromatic carbocycles. The van der Waals surface area contributed by atoms with Gasteiger partial charge in [-0.1, -0.05) is 95.4 Å². The first-order chi connectivity index (χ1) is 19.6. The van der Waals surface area contributed by atoms with Crippen molar-refractivity contribution in [2.24, 2.45) is 0 Å². The number of hydrogen-bond acceptors (Lipinski definition) is 4. The van der Waals surface area contributed by atoms with Gasteiger partial charge in [0.15, 0.2) is 0 Å². The molecule has 2 amide bonds. The maximum absolute atomic E-state index is 14.2. The molecule has 0 bridgehead atoms. The van der Waals surface area contributed by atoms with E-state index in [4.69, 9.17) is 0 Å². The molecule has 0 heterocycles. The van der Waals surface area contributed by atoms with Crippen LogP contribution in [-0.4, -0.2) is 50.0 Å². The van der Waals surface area contributed by atoms with Crippen molar-refractivity contribution in [1.29, 1.82) is 0 Å². The van der Waals surface area contributed by atoms with Gasteiger partial charge < -0.3 is 10.2 Å². The summed E-state index contributed by atoms with van der Waals surface area (Å²) in [7, 11) is -3.80. The molecule has 1 aliphatic carbocycles. The lowest BCUT2D eigenvalue weighted by molar-refractivity contribution is -0.140. The minimum atomic E-state index is -3.80. The van der Waals surface area contributed by atoms with Crippen LogP contribution >= 0.6 is 15.9 Å². The van der Waals surface area contributed by atoms with E-state index >= 15 is 0 Å². The summed E-state index contributed by atoms with van der Waals surface area (Å²) in [5.74, 6) is -0.657. The molecule has 0 saturated heterocycles. The third kappa shape index (κ3) is 8.91. The lowest BCUT2D eigenvalue weighted by Crippen LogP contribution is -2.55. The molecule has 0 aromatic heterocycles. The fourth-order valence-electron chi connectivity index (χ4n) is 5.33. The molecule has 1 saturated carbocycles. The molecule has 9 heteroatoms. The average molecular weight is 641 g/mol. The molecule has 4 rings (SSSR count). The molecule has 1 fully saturated rings. The first-order valence-corrected chi connectivity index (χ1v) is 16.7. The molecular weight excluding hydrogens is 602 g/mol. The Balaban J connectivity index is 1.71. The van der Waals surface area contributed by atoms with E-state index in [9.17, 15) is 18.0 Å². The van der Waals surface area contributed by atoms with Crippen molar-refractivity contribution in [3.63, 3.8) is 0 Å². The third-order valence-corrected chi connectivity index (χ3v) is 9.12. The van der Waals surface area contributed by atoms with Crippen molar-refractivity contribution in [1.82, 2.24) is 10.2 Å². The van der Waals surface area contributed by atoms with Gasteiger partial charge in [0.2, 0.25) is 21.8 Å². The van der Waals surface area contributed by atoms with E-state index < -0.39 is 28.5 Å². The highest BCUT2D eigenvalue weighted by atomic mass is 79.9. The molecule has 1 atom stereocenters. The topological polar surface area (TPSA) is 86.8 Å². The molecule has 0 aliphatic heterocycles. The van der Waals surface area contributed by atoms with E-state index in [1.54, 1.807) is 29.2 Å². The molecular formula is C32H38BrN3O4S. The summed E-state index contributed by atoms with van der Waals surface area (Å²) in [4.78, 5) is 29.7. The third-order valence-electron chi connectivity index (χ3n) is 7.45. The average Bonchev–Trinajstić information content (AvgIpc) is 2.94. The van der Waals surface area contributed by atoms with E-state index in [-0.39, 0.29) is 18.5 Å². The predicted octanol–water partition coefficient (Wildman–Crippen LogP) is 5.61. The zero-order valence-corrected chi connectivity index (χ0v) is 26.0. The number of halogens is 1. The Hall–Kier alpha value is -3.17. The lowest BCUT2D eigenvalue weighted by atomic mass is 9.94. The fourth-order valence-corrected chi connectivity index (χ4v) is 6.44. The second kappa shape index (κ2) is 14.1. The summed E-state index contributed by atoms with van der Waals surface area (Å²) in [6.45, 7) is 1.73. The van der Waals surface area contributed by atoms with E-state index in [1.807, 2.05) is 61.5 Å². The molecule has 0 unspecified atom stereocenters. The molecule has 0 radical (unpaired) electrons. The van der Waals surface area contributed by atoms with Gasteiger partial charge in [-0.15, -0.1) is 0 Å². The summed E-state index contributed by atoms with van der Waals surface area (Å²) < 4.78 is 27.7. The van der Waals surface area contributed by atoms with Crippen LogP contribution in [0.5, 0.6) is 0 Å². The van der Waals surface area contributed by atoms with Gasteiger partial charge in [-0.3, -0.25) is 13.9 Å². The number of carbonyl (C=O) groups excluding carboxylic acids is 2. The van der Waals surface area contributed by atoms with Gasteiger partial charge in [0.1, 0.15) is 12.6 Å². The molecule has 1 N–H and O–H groups in total. The first-order valence-electron chi connectivity index (χ1n) is 14.0. The monoisotopic (exact) mass is 639 g/mol. The largest absolute Gasteiger partial charge is 0.352 e. The summed E-state index contributed by atoms with van der Waals surface area (Å²) in [6, 6.07) is 23.5. The van der Waals surface area contributed by atoms with Gasteiger partial charge in [0.25, 0.3) is 0 Å². The van der Waals surface area contributed by atoms with Gasteiger partial charge >= 0.3 is 0 Å². The second-order valence-corrected chi connectivity index (χ2v) is 13.6. The van der Waals surface area contributed by atoms with Crippen LogP contribution in [0.3, 0.4) is 0 Å². The smallest absolute Gasteiger partial charge is 0.244 e. The van der Waals surface area contributed by atoms with Gasteiger partial charge in [-0.05, 0) is 55.2 Å². The standard InChI is InChI=1S/C32H38BrN3O4S/c1-24-10-9-13-26(20-24)22-35(31(37)23-36(41(2,39)40)29-18-16-27(33)17-19-29)30(21-25-11-5-3-6-12-25)32(38)34-28-14-7-4-8-15-28/h3,5-6,9-13,16-20,28,30H,4,7-8,14-15,21-23H2,1-2H3,(H,34,38)/t30-/m1/s1. The highest BCUT2D eigenvalue weighted by Crippen LogP contribution is 2.23. The zero-order valence-electron chi connectivity index (χ0n) is 23.6. The summed E-state index contributed by atoms with van der Waals surface area (Å²) in [5.41, 5.74) is 3.21. The minimum Gasteiger partial charge on any atom is -0.352 e. The maximum atomic E-state index is 14.2. The Morgan fingerprint density at radius 2 is 1.59 bits per heavy atom. The van der Waals surface area contributed by atoms with E-state index in [1.165, 1.54) is 0 Å². The summed E-state index contributed by atoms with van der Waals surface area (Å²) in [5, 5.41) is 3.22. The number of rotatable bonds is 11. The van der Waals surface area contributed by atoms with Crippen molar-refractivity contribution in [3.05, 3.63) is 100 Å². The van der Waals surface area contributed by atoms with Crippen molar-refractivity contribution >= 4 is 43.5 Å². The highest BCUT2D eigenvalue weighted by molar-refractivity contribution is 9.10. The van der Waals surface area contributed by atoms with Crippen molar-refractivity contribution < 1.29 is 18.0 Å². The normalized spacial score (nSPS) is 14.7. The quantitative estimate of drug-likeness (QED) is 0.295. The number of hydrogen-bond donors (Lipinski definition) is 1. The number of nitrogens with zero attached hydrogens (tertiary/aromatic N) is 2. The van der Waals surface area contributed by atoms with Crippen LogP contribution < -0.4 is 9.62 Å². The number of amides is 2. The number of sulfonamides is 1. The second-order valence-electron chi connectivity index (χ2n) is 10.8. The Kier molecular flexibility index (Phi) is 10.6. The SMILES string of the molecule is Cc1cccc(CN(C(=O)CN(c2ccc(Br)cc2)S(C)(=O)=O)[C@H](Cc2ccccc2)C(=O)NC2CCCCC2)c1. The predicted molar refractivity (Wildman–Crippen MR) is 167 cm³/mol. The van der Waals surface area contributed by atoms with Gasteiger partial charge in [-0.25, -0.2) is 8.42 Å². The number of benzene rings is 3. The first kappa shape index (κ1) is 30.8. The van der Waals surface area contributed by atoms with Gasteiger partial charge in [0.05, 0.1) is 11.9 Å². The van der Waals surface area contributed by atoms with Gasteiger partial charge in [0, 0.05) is 23.5 Å². The zero-order chi connectivity index (χ0) is 29.4. The Morgan fingerprint density at radius 3 is 2.22 bits per heavy atom. The van der Waals surface area contributed by atoms with Gasteiger partial charge in [-0.2, -0.15) is 0 Å². The summed E-state index contributed by atoms with van der Waals surface area (Å²) >= 11 is 3.38. The van der Waals surface area contributed by atoms with E-state index in [2.05, 4.69) is 21.2 Å². The van der Waals surface area contributed by atoms with Crippen molar-refractivity contribution in [2.75, 3.05) is 17.1 Å². The molecule has 41 heavy (non-hydrogen) atoms. The fraction of sp³-hybridized carbons (Fsp3) is 0.375. The Labute approximate surface area is 252 Å². The molecule has 218 valence electrons. The molecule has 3 aromatic rings. The van der Waals surface area contributed by atoms with Crippen molar-refractivity contribution in [2.45, 2.75) is 64.1 Å². The highest BCUT2D eigenvalue weighted by Gasteiger charge is 2.34. The molecule has 1 aliphatic rings. The molecule has 0 spiro atoms. The Morgan fingerprint density at radius 1 is 0.927 bits per heavy atom. The van der Waals surface area contributed by atoms with Crippen LogP contribution in [0.1, 0.15) is 48.8 Å². The van der Waals surface area contributed by atoms with Crippen LogP contribution in [0, 0.1) is 6.92 Å². The number of carbonyl (C=O) groups is 2. The van der Waals surface area contributed by atoms with E-state index in [0.717, 1.165) is 63.8 Å². The summed E-state index contributed by atoms with van der Waals surface area (Å²) in [6.07, 6.45) is 6.53. The minimum absolute atomic E-state index is 0.0701. The number of anilines is 1. The van der Waals surface area contributed by atoms with E-state index in [0.29, 0.717) is 12.1 Å². The van der Waals surface area contributed by atoms with Crippen LogP contribution in [0.2, 0.25) is 0 Å². The Bertz CT molecular complexity index is 1420. The van der Waals surface area contributed by atoms with Crippen LogP contribution in [-0.2, 0) is 32.6 Å². The van der Waals surface area contributed by atoms with Crippen LogP contribution in [0.4, 0.5) is 5.69 Å². The van der Waals surface area contributed by atoms with Crippen molar-refractivity contribution in [3.8, 4) is 0 Å². The maximum Gasteiger partial charge on any atom is 0.244 e. The number of aryl methyl sites for hydroxylation is 1.